The zero-order chi connectivity index (χ0) is 14.4. The standard InChI is InChI=1S/C11H13N3O5/c12-9(5-10(15)16)11(17)13-6-7-2-1-3-8(4-7)14(18)19/h1-4,9H,5-6,12H2,(H,13,17)(H,15,16). The van der Waals surface area contributed by atoms with Gasteiger partial charge in [-0.3, -0.25) is 19.7 Å². The molecule has 1 unspecified atom stereocenters. The second-order valence-corrected chi connectivity index (χ2v) is 3.85. The fourth-order valence-electron chi connectivity index (χ4n) is 1.38. The SMILES string of the molecule is NC(CC(=O)O)C(=O)NCc1cccc([N+](=O)[O-])c1. The molecule has 0 heterocycles. The van der Waals surface area contributed by atoms with Crippen LogP contribution in [0.3, 0.4) is 0 Å². The van der Waals surface area contributed by atoms with Crippen molar-refractivity contribution in [3.8, 4) is 0 Å². The molecule has 4 N–H and O–H groups in total. The van der Waals surface area contributed by atoms with Gasteiger partial charge in [-0.1, -0.05) is 12.1 Å². The number of nitrogens with one attached hydrogen (secondary N) is 1. The first-order chi connectivity index (χ1) is 8.90. The van der Waals surface area contributed by atoms with E-state index in [9.17, 15) is 19.7 Å². The number of benzene rings is 1. The molecule has 0 aliphatic heterocycles. The quantitative estimate of drug-likeness (QED) is 0.490. The molecule has 0 aromatic heterocycles. The molecule has 1 aromatic carbocycles. The highest BCUT2D eigenvalue weighted by atomic mass is 16.6. The van der Waals surface area contributed by atoms with E-state index in [1.54, 1.807) is 6.07 Å². The maximum atomic E-state index is 11.4. The summed E-state index contributed by atoms with van der Waals surface area (Å²) in [6.07, 6.45) is -0.471. The fraction of sp³-hybridized carbons (Fsp3) is 0.273. The summed E-state index contributed by atoms with van der Waals surface area (Å²) in [6, 6.07) is 4.62. The minimum atomic E-state index is -1.17. The molecule has 1 amide bonds. The number of nitro benzene ring substituents is 1. The number of nitrogens with two attached hydrogens (primary N) is 1. The number of hydrogen-bond donors (Lipinski definition) is 3. The molecular formula is C11H13N3O5. The van der Waals surface area contributed by atoms with Crippen molar-refractivity contribution in [1.29, 1.82) is 0 Å². The fourth-order valence-corrected chi connectivity index (χ4v) is 1.38. The smallest absolute Gasteiger partial charge is 0.305 e. The number of aliphatic carboxylic acids is 1. The summed E-state index contributed by atoms with van der Waals surface area (Å²) in [4.78, 5) is 31.8. The number of carboxylic acids is 1. The first kappa shape index (κ1) is 14.6. The Morgan fingerprint density at radius 3 is 2.74 bits per heavy atom. The maximum Gasteiger partial charge on any atom is 0.305 e. The van der Waals surface area contributed by atoms with Gasteiger partial charge in [0.25, 0.3) is 5.69 Å². The van der Waals surface area contributed by atoms with E-state index in [0.717, 1.165) is 0 Å². The van der Waals surface area contributed by atoms with Crippen LogP contribution in [0.4, 0.5) is 5.69 Å². The van der Waals surface area contributed by atoms with Crippen molar-refractivity contribution in [2.45, 2.75) is 19.0 Å². The number of carbonyl (C=O) groups is 2. The molecule has 0 aliphatic carbocycles. The zero-order valence-electron chi connectivity index (χ0n) is 9.91. The highest BCUT2D eigenvalue weighted by Crippen LogP contribution is 2.12. The van der Waals surface area contributed by atoms with Crippen molar-refractivity contribution < 1.29 is 19.6 Å². The minimum absolute atomic E-state index is 0.0494. The normalized spacial score (nSPS) is 11.6. The van der Waals surface area contributed by atoms with Crippen molar-refractivity contribution in [3.63, 3.8) is 0 Å². The second kappa shape index (κ2) is 6.45. The molecule has 1 atom stereocenters. The Morgan fingerprint density at radius 1 is 1.47 bits per heavy atom. The maximum absolute atomic E-state index is 11.4. The first-order valence-electron chi connectivity index (χ1n) is 5.38. The van der Waals surface area contributed by atoms with Crippen LogP contribution < -0.4 is 11.1 Å². The Morgan fingerprint density at radius 2 is 2.16 bits per heavy atom. The van der Waals surface area contributed by atoms with E-state index < -0.39 is 29.3 Å². The van der Waals surface area contributed by atoms with Gasteiger partial charge in [-0.15, -0.1) is 0 Å². The van der Waals surface area contributed by atoms with Crippen LogP contribution in [-0.2, 0) is 16.1 Å². The molecule has 0 fully saturated rings. The van der Waals surface area contributed by atoms with Crippen molar-refractivity contribution in [3.05, 3.63) is 39.9 Å². The summed E-state index contributed by atoms with van der Waals surface area (Å²) in [5, 5.41) is 21.5. The number of rotatable bonds is 6. The Hall–Kier alpha value is -2.48. The highest BCUT2D eigenvalue weighted by Gasteiger charge is 2.16. The molecular weight excluding hydrogens is 254 g/mol. The molecule has 8 heteroatoms. The summed E-state index contributed by atoms with van der Waals surface area (Å²) in [5.41, 5.74) is 5.81. The van der Waals surface area contributed by atoms with Gasteiger partial charge in [-0.2, -0.15) is 0 Å². The molecule has 8 nitrogen and oxygen atoms in total. The summed E-state index contributed by atoms with van der Waals surface area (Å²) >= 11 is 0. The van der Waals surface area contributed by atoms with Crippen LogP contribution in [0.25, 0.3) is 0 Å². The lowest BCUT2D eigenvalue weighted by Crippen LogP contribution is -2.41. The average Bonchev–Trinajstić information content (AvgIpc) is 2.35. The number of non-ortho nitro benzene ring substituents is 1. The Bertz CT molecular complexity index is 503. The van der Waals surface area contributed by atoms with Crippen molar-refractivity contribution in [2.24, 2.45) is 5.73 Å². The second-order valence-electron chi connectivity index (χ2n) is 3.85. The van der Waals surface area contributed by atoms with Crippen molar-refractivity contribution in [1.82, 2.24) is 5.32 Å². The van der Waals surface area contributed by atoms with Gasteiger partial charge >= 0.3 is 5.97 Å². The molecule has 0 bridgehead atoms. The summed E-state index contributed by atoms with van der Waals surface area (Å²) in [6.45, 7) is 0.0494. The lowest BCUT2D eigenvalue weighted by Gasteiger charge is -2.10. The highest BCUT2D eigenvalue weighted by molar-refractivity contribution is 5.85. The Balaban J connectivity index is 2.57. The third-order valence-corrected chi connectivity index (χ3v) is 2.32. The summed E-state index contributed by atoms with van der Waals surface area (Å²) < 4.78 is 0. The molecule has 0 saturated heterocycles. The third kappa shape index (κ3) is 4.72. The van der Waals surface area contributed by atoms with E-state index in [-0.39, 0.29) is 12.2 Å². The Kier molecular flexibility index (Phi) is 4.95. The van der Waals surface area contributed by atoms with E-state index >= 15 is 0 Å². The molecule has 0 radical (unpaired) electrons. The Labute approximate surface area is 108 Å². The van der Waals surface area contributed by atoms with Crippen LogP contribution in [-0.4, -0.2) is 27.9 Å². The van der Waals surface area contributed by atoms with Gasteiger partial charge in [-0.25, -0.2) is 0 Å². The van der Waals surface area contributed by atoms with Crippen LogP contribution in [0.15, 0.2) is 24.3 Å². The zero-order valence-corrected chi connectivity index (χ0v) is 9.91. The topological polar surface area (TPSA) is 136 Å². The third-order valence-electron chi connectivity index (χ3n) is 2.32. The van der Waals surface area contributed by atoms with Crippen LogP contribution in [0.2, 0.25) is 0 Å². The van der Waals surface area contributed by atoms with Gasteiger partial charge in [0.1, 0.15) is 0 Å². The summed E-state index contributed by atoms with van der Waals surface area (Å²) in [5.74, 6) is -1.79. The number of nitrogens with zero attached hydrogens (tertiary/aromatic N) is 1. The molecule has 19 heavy (non-hydrogen) atoms. The van der Waals surface area contributed by atoms with Gasteiger partial charge in [0, 0.05) is 18.7 Å². The largest absolute Gasteiger partial charge is 0.481 e. The number of amides is 1. The van der Waals surface area contributed by atoms with E-state index in [4.69, 9.17) is 10.8 Å². The van der Waals surface area contributed by atoms with E-state index in [1.807, 2.05) is 0 Å². The van der Waals surface area contributed by atoms with Crippen LogP contribution >= 0.6 is 0 Å². The predicted octanol–water partition coefficient (Wildman–Crippen LogP) is 0.0130. The first-order valence-corrected chi connectivity index (χ1v) is 5.38. The lowest BCUT2D eigenvalue weighted by atomic mass is 10.1. The minimum Gasteiger partial charge on any atom is -0.481 e. The van der Waals surface area contributed by atoms with E-state index in [0.29, 0.717) is 5.56 Å². The number of nitro groups is 1. The van der Waals surface area contributed by atoms with Gasteiger partial charge in [0.15, 0.2) is 0 Å². The molecule has 1 rings (SSSR count). The average molecular weight is 267 g/mol. The van der Waals surface area contributed by atoms with E-state index in [2.05, 4.69) is 5.32 Å². The van der Waals surface area contributed by atoms with Crippen LogP contribution in [0, 0.1) is 10.1 Å². The monoisotopic (exact) mass is 267 g/mol. The molecule has 102 valence electrons. The van der Waals surface area contributed by atoms with Crippen LogP contribution in [0.5, 0.6) is 0 Å². The molecule has 0 spiro atoms. The molecule has 0 aliphatic rings. The predicted molar refractivity (Wildman–Crippen MR) is 65.2 cm³/mol. The lowest BCUT2D eigenvalue weighted by molar-refractivity contribution is -0.384. The van der Waals surface area contributed by atoms with Gasteiger partial charge in [-0.05, 0) is 5.56 Å². The van der Waals surface area contributed by atoms with Crippen LogP contribution in [0.1, 0.15) is 12.0 Å². The molecule has 0 saturated carbocycles. The molecule has 1 aromatic rings. The van der Waals surface area contributed by atoms with Gasteiger partial charge in [0.2, 0.25) is 5.91 Å². The number of carbonyl (C=O) groups excluding carboxylic acids is 1. The van der Waals surface area contributed by atoms with Gasteiger partial charge in [0.05, 0.1) is 17.4 Å². The van der Waals surface area contributed by atoms with E-state index in [1.165, 1.54) is 18.2 Å². The van der Waals surface area contributed by atoms with Gasteiger partial charge < -0.3 is 16.2 Å². The summed E-state index contributed by atoms with van der Waals surface area (Å²) in [7, 11) is 0. The van der Waals surface area contributed by atoms with Crippen molar-refractivity contribution >= 4 is 17.6 Å². The number of carboxylic acid groups (broad SMARTS) is 1. The number of hydrogen-bond acceptors (Lipinski definition) is 5. The van der Waals surface area contributed by atoms with Crippen molar-refractivity contribution in [2.75, 3.05) is 0 Å².